The predicted octanol–water partition coefficient (Wildman–Crippen LogP) is 4.02. The van der Waals surface area contributed by atoms with Crippen molar-refractivity contribution in [3.8, 4) is 0 Å². The lowest BCUT2D eigenvalue weighted by atomic mass is 10.0. The van der Waals surface area contributed by atoms with Crippen molar-refractivity contribution >= 4 is 54.3 Å². The van der Waals surface area contributed by atoms with E-state index in [9.17, 15) is 13.2 Å². The smallest absolute Gasteiger partial charge is 0.248 e. The van der Waals surface area contributed by atoms with E-state index in [-0.39, 0.29) is 28.7 Å². The van der Waals surface area contributed by atoms with Crippen LogP contribution in [0, 0.1) is 5.92 Å². The molecular formula is C19H23BrN2O3S2. The van der Waals surface area contributed by atoms with Gasteiger partial charge in [-0.05, 0) is 36.6 Å². The maximum absolute atomic E-state index is 12.5. The normalized spacial score (nSPS) is 28.8. The highest BCUT2D eigenvalue weighted by molar-refractivity contribution is 9.10. The van der Waals surface area contributed by atoms with Crippen molar-refractivity contribution in [1.82, 2.24) is 0 Å². The first-order chi connectivity index (χ1) is 12.9. The topological polar surface area (TPSA) is 66.8 Å². The van der Waals surface area contributed by atoms with Gasteiger partial charge in [-0.2, -0.15) is 4.99 Å². The number of amides is 1. The average Bonchev–Trinajstić information content (AvgIpc) is 3.29. The molecule has 8 heteroatoms. The summed E-state index contributed by atoms with van der Waals surface area (Å²) < 4.78 is 25.2. The van der Waals surface area contributed by atoms with Gasteiger partial charge in [-0.3, -0.25) is 4.79 Å². The van der Waals surface area contributed by atoms with Crippen LogP contribution in [0.2, 0.25) is 0 Å². The summed E-state index contributed by atoms with van der Waals surface area (Å²) in [6.45, 7) is 0. The number of halogens is 1. The number of hydrogen-bond donors (Lipinski definition) is 0. The van der Waals surface area contributed by atoms with Crippen LogP contribution in [0.15, 0.2) is 33.7 Å². The third kappa shape index (κ3) is 4.43. The molecule has 2 aliphatic heterocycles. The largest absolute Gasteiger partial charge is 0.316 e. The van der Waals surface area contributed by atoms with Gasteiger partial charge in [0.05, 0.1) is 17.5 Å². The van der Waals surface area contributed by atoms with E-state index in [2.05, 4.69) is 20.9 Å². The fourth-order valence-corrected chi connectivity index (χ4v) is 8.45. The summed E-state index contributed by atoms with van der Waals surface area (Å²) >= 11 is 4.87. The Kier molecular flexibility index (Phi) is 5.67. The molecule has 2 saturated heterocycles. The molecule has 0 radical (unpaired) electrons. The quantitative estimate of drug-likeness (QED) is 0.664. The van der Waals surface area contributed by atoms with Crippen molar-refractivity contribution in [2.75, 3.05) is 16.4 Å². The van der Waals surface area contributed by atoms with Crippen LogP contribution in [-0.4, -0.2) is 42.3 Å². The number of thioether (sulfide) groups is 1. The number of fused-ring (bicyclic) bond motifs is 1. The van der Waals surface area contributed by atoms with E-state index in [0.29, 0.717) is 17.5 Å². The molecule has 3 aliphatic rings. The summed E-state index contributed by atoms with van der Waals surface area (Å²) in [4.78, 5) is 18.8. The molecule has 5 nitrogen and oxygen atoms in total. The fraction of sp³-hybridized carbons (Fsp3) is 0.579. The van der Waals surface area contributed by atoms with Gasteiger partial charge in [0.2, 0.25) is 5.91 Å². The molecule has 0 unspecified atom stereocenters. The zero-order valence-electron chi connectivity index (χ0n) is 15.0. The Labute approximate surface area is 173 Å². The third-order valence-electron chi connectivity index (χ3n) is 5.63. The third-order valence-corrected chi connectivity index (χ3v) is 9.37. The van der Waals surface area contributed by atoms with Crippen molar-refractivity contribution in [3.05, 3.63) is 28.7 Å². The first-order valence-electron chi connectivity index (χ1n) is 9.45. The highest BCUT2D eigenvalue weighted by Gasteiger charge is 2.49. The molecule has 146 valence electrons. The van der Waals surface area contributed by atoms with Crippen LogP contribution in [0.4, 0.5) is 5.69 Å². The van der Waals surface area contributed by atoms with Crippen LogP contribution < -0.4 is 4.90 Å². The van der Waals surface area contributed by atoms with Gasteiger partial charge in [-0.15, -0.1) is 0 Å². The Bertz CT molecular complexity index is 848. The number of hydrogen-bond acceptors (Lipinski definition) is 4. The standard InChI is InChI=1S/C19H23BrN2O3S2/c20-14-6-8-15(9-7-14)22-16-11-27(24,25)12-17(16)26-19(22)21-18(23)10-5-13-3-1-2-4-13/h6-9,13,16-17H,1-5,10-12H2/t16-,17-/m0/s1. The van der Waals surface area contributed by atoms with Gasteiger partial charge in [0.25, 0.3) is 0 Å². The van der Waals surface area contributed by atoms with Crippen LogP contribution in [0.1, 0.15) is 38.5 Å². The van der Waals surface area contributed by atoms with Gasteiger partial charge in [0, 0.05) is 21.8 Å². The molecule has 27 heavy (non-hydrogen) atoms. The Morgan fingerprint density at radius 3 is 2.59 bits per heavy atom. The lowest BCUT2D eigenvalue weighted by Gasteiger charge is -2.24. The number of nitrogens with zero attached hydrogens (tertiary/aromatic N) is 2. The number of amidine groups is 1. The van der Waals surface area contributed by atoms with Gasteiger partial charge in [0.1, 0.15) is 0 Å². The Balaban J connectivity index is 1.54. The van der Waals surface area contributed by atoms with E-state index in [4.69, 9.17) is 0 Å². The molecule has 1 saturated carbocycles. The van der Waals surface area contributed by atoms with Crippen LogP contribution >= 0.6 is 27.7 Å². The van der Waals surface area contributed by atoms with Crippen molar-refractivity contribution < 1.29 is 13.2 Å². The van der Waals surface area contributed by atoms with E-state index >= 15 is 0 Å². The summed E-state index contributed by atoms with van der Waals surface area (Å²) in [7, 11) is -3.04. The maximum Gasteiger partial charge on any atom is 0.248 e. The molecule has 1 aromatic rings. The SMILES string of the molecule is O=C(CCC1CCCC1)N=C1S[C@H]2CS(=O)(=O)C[C@@H]2N1c1ccc(Br)cc1. The molecule has 1 aliphatic carbocycles. The van der Waals surface area contributed by atoms with Gasteiger partial charge in [-0.25, -0.2) is 8.42 Å². The maximum atomic E-state index is 12.5. The Hall–Kier alpha value is -0.860. The monoisotopic (exact) mass is 470 g/mol. The number of aliphatic imine (C=N–C) groups is 1. The highest BCUT2D eigenvalue weighted by atomic mass is 79.9. The Morgan fingerprint density at radius 2 is 1.89 bits per heavy atom. The molecule has 4 rings (SSSR count). The number of carbonyl (C=O) groups is 1. The van der Waals surface area contributed by atoms with Crippen molar-refractivity contribution in [2.45, 2.75) is 49.8 Å². The van der Waals surface area contributed by atoms with Crippen LogP contribution in [0.5, 0.6) is 0 Å². The minimum absolute atomic E-state index is 0.0555. The highest BCUT2D eigenvalue weighted by Crippen LogP contribution is 2.41. The van der Waals surface area contributed by atoms with E-state index in [1.807, 2.05) is 29.2 Å². The molecule has 1 amide bonds. The minimum atomic E-state index is -3.04. The first-order valence-corrected chi connectivity index (χ1v) is 12.9. The second-order valence-electron chi connectivity index (χ2n) is 7.62. The Morgan fingerprint density at radius 1 is 1.19 bits per heavy atom. The van der Waals surface area contributed by atoms with Crippen molar-refractivity contribution in [1.29, 1.82) is 0 Å². The molecule has 3 fully saturated rings. The summed E-state index contributed by atoms with van der Waals surface area (Å²) in [5.41, 5.74) is 0.887. The minimum Gasteiger partial charge on any atom is -0.316 e. The van der Waals surface area contributed by atoms with Gasteiger partial charge >= 0.3 is 0 Å². The van der Waals surface area contributed by atoms with Gasteiger partial charge in [-0.1, -0.05) is 53.4 Å². The summed E-state index contributed by atoms with van der Waals surface area (Å²) in [5.74, 6) is 0.854. The molecule has 1 aromatic carbocycles. The second kappa shape index (κ2) is 7.87. The van der Waals surface area contributed by atoms with Gasteiger partial charge < -0.3 is 4.90 Å². The molecule has 0 N–H and O–H groups in total. The fourth-order valence-electron chi connectivity index (χ4n) is 4.26. The van der Waals surface area contributed by atoms with Crippen LogP contribution in [0.3, 0.4) is 0 Å². The zero-order valence-corrected chi connectivity index (χ0v) is 18.2. The molecule has 0 aromatic heterocycles. The summed E-state index contributed by atoms with van der Waals surface area (Å²) in [6, 6.07) is 7.59. The summed E-state index contributed by atoms with van der Waals surface area (Å²) in [5, 5.41) is 0.596. The van der Waals surface area contributed by atoms with Crippen molar-refractivity contribution in [3.63, 3.8) is 0 Å². The predicted molar refractivity (Wildman–Crippen MR) is 114 cm³/mol. The van der Waals surface area contributed by atoms with E-state index < -0.39 is 9.84 Å². The number of benzene rings is 1. The molecule has 2 heterocycles. The number of rotatable bonds is 4. The van der Waals surface area contributed by atoms with Crippen LogP contribution in [0.25, 0.3) is 0 Å². The number of anilines is 1. The molecule has 0 spiro atoms. The summed E-state index contributed by atoms with van der Waals surface area (Å²) in [6.07, 6.45) is 6.41. The lowest BCUT2D eigenvalue weighted by molar-refractivity contribution is -0.118. The molecule has 0 bridgehead atoms. The van der Waals surface area contributed by atoms with E-state index in [1.54, 1.807) is 0 Å². The lowest BCUT2D eigenvalue weighted by Crippen LogP contribution is -2.37. The first kappa shape index (κ1) is 19.5. The number of sulfone groups is 1. The van der Waals surface area contributed by atoms with Crippen LogP contribution in [-0.2, 0) is 14.6 Å². The second-order valence-corrected chi connectivity index (χ2v) is 11.9. The zero-order chi connectivity index (χ0) is 19.0. The van der Waals surface area contributed by atoms with Gasteiger partial charge in [0.15, 0.2) is 15.0 Å². The molecule has 2 atom stereocenters. The van der Waals surface area contributed by atoms with Crippen molar-refractivity contribution in [2.24, 2.45) is 10.9 Å². The van der Waals surface area contributed by atoms with E-state index in [0.717, 1.165) is 16.6 Å². The average molecular weight is 471 g/mol. The number of carbonyl (C=O) groups excluding carboxylic acids is 1. The molecular weight excluding hydrogens is 448 g/mol. The van der Waals surface area contributed by atoms with E-state index in [1.165, 1.54) is 37.4 Å².